The first-order valence-corrected chi connectivity index (χ1v) is 5.51. The van der Waals surface area contributed by atoms with Crippen molar-refractivity contribution in [1.29, 1.82) is 0 Å². The Morgan fingerprint density at radius 1 is 1.35 bits per heavy atom. The molecule has 0 atom stereocenters. The van der Waals surface area contributed by atoms with Crippen molar-refractivity contribution >= 4 is 17.4 Å². The zero-order valence-corrected chi connectivity index (χ0v) is 10.1. The van der Waals surface area contributed by atoms with Crippen LogP contribution in [-0.2, 0) is 24.7 Å². The molecule has 88 valence electrons. The molecule has 6 heteroatoms. The highest BCUT2D eigenvalue weighted by atomic mass is 35.5. The molecule has 0 radical (unpaired) electrons. The van der Waals surface area contributed by atoms with E-state index >= 15 is 0 Å². The van der Waals surface area contributed by atoms with E-state index in [1.165, 1.54) is 4.80 Å². The molecule has 0 aliphatic rings. The number of carbonyl (C=O) groups excluding carboxylic acids is 1. The Hall–Kier alpha value is -1.75. The molecule has 0 N–H and O–H groups in total. The molecular weight excluding hydrogens is 240 g/mol. The minimum atomic E-state index is 0.0195. The van der Waals surface area contributed by atoms with E-state index in [0.717, 1.165) is 5.56 Å². The Kier molecular flexibility index (Phi) is 3.49. The Morgan fingerprint density at radius 2 is 2.12 bits per heavy atom. The van der Waals surface area contributed by atoms with Gasteiger partial charge in [0.25, 0.3) is 0 Å². The van der Waals surface area contributed by atoms with Crippen LogP contribution in [0.1, 0.15) is 11.4 Å². The minimum Gasteiger partial charge on any atom is -0.299 e. The second-order valence-electron chi connectivity index (χ2n) is 3.68. The molecule has 0 amide bonds. The van der Waals surface area contributed by atoms with Crippen LogP contribution in [0.25, 0.3) is 0 Å². The molecule has 0 saturated heterocycles. The maximum absolute atomic E-state index is 11.8. The first kappa shape index (κ1) is 11.7. The first-order valence-electron chi connectivity index (χ1n) is 5.13. The van der Waals surface area contributed by atoms with Crippen LogP contribution in [0.2, 0.25) is 5.02 Å². The van der Waals surface area contributed by atoms with Gasteiger partial charge >= 0.3 is 0 Å². The summed E-state index contributed by atoms with van der Waals surface area (Å²) in [6, 6.07) is 7.30. The minimum absolute atomic E-state index is 0.0195. The summed E-state index contributed by atoms with van der Waals surface area (Å²) in [7, 11) is 1.66. The molecule has 0 bridgehead atoms. The monoisotopic (exact) mass is 250 g/mol. The van der Waals surface area contributed by atoms with Gasteiger partial charge in [0.15, 0.2) is 5.82 Å². The van der Waals surface area contributed by atoms with E-state index in [4.69, 9.17) is 11.6 Å². The SMILES string of the molecule is Cn1nnc(CC(=O)Cc2ccccc2Cl)n1. The Labute approximate surface area is 103 Å². The van der Waals surface area contributed by atoms with Crippen molar-refractivity contribution in [3.8, 4) is 0 Å². The standard InChI is InChI=1S/C11H11ClN4O/c1-16-14-11(13-15-16)7-9(17)6-8-4-2-3-5-10(8)12/h2-5H,6-7H2,1H3. The summed E-state index contributed by atoms with van der Waals surface area (Å²) in [5, 5.41) is 12.0. The van der Waals surface area contributed by atoms with E-state index in [1.807, 2.05) is 18.2 Å². The number of Topliss-reactive ketones (excluding diaryl/α,β-unsaturated/α-hetero) is 1. The lowest BCUT2D eigenvalue weighted by Gasteiger charge is -2.01. The summed E-state index contributed by atoms with van der Waals surface area (Å²) >= 11 is 5.98. The van der Waals surface area contributed by atoms with Gasteiger partial charge in [-0.05, 0) is 16.8 Å². The summed E-state index contributed by atoms with van der Waals surface area (Å²) in [6.45, 7) is 0. The van der Waals surface area contributed by atoms with Gasteiger partial charge in [0.05, 0.1) is 13.5 Å². The Bertz CT molecular complexity index is 538. The highest BCUT2D eigenvalue weighted by Gasteiger charge is 2.10. The Balaban J connectivity index is 2.01. The van der Waals surface area contributed by atoms with Gasteiger partial charge in [-0.15, -0.1) is 10.2 Å². The third-order valence-corrected chi connectivity index (χ3v) is 2.62. The maximum Gasteiger partial charge on any atom is 0.182 e. The van der Waals surface area contributed by atoms with Gasteiger partial charge in [-0.25, -0.2) is 0 Å². The van der Waals surface area contributed by atoms with Crippen molar-refractivity contribution in [3.05, 3.63) is 40.7 Å². The van der Waals surface area contributed by atoms with E-state index in [2.05, 4.69) is 15.4 Å². The molecule has 0 aliphatic carbocycles. The number of nitrogens with zero attached hydrogens (tertiary/aromatic N) is 4. The number of aryl methyl sites for hydroxylation is 1. The molecule has 0 unspecified atom stereocenters. The van der Waals surface area contributed by atoms with Crippen molar-refractivity contribution in [1.82, 2.24) is 20.2 Å². The van der Waals surface area contributed by atoms with Gasteiger partial charge in [0.1, 0.15) is 5.78 Å². The largest absolute Gasteiger partial charge is 0.299 e. The fraction of sp³-hybridized carbons (Fsp3) is 0.273. The number of tetrazole rings is 1. The van der Waals surface area contributed by atoms with Gasteiger partial charge in [-0.3, -0.25) is 4.79 Å². The van der Waals surface area contributed by atoms with E-state index in [1.54, 1.807) is 13.1 Å². The first-order chi connectivity index (χ1) is 8.15. The summed E-state index contributed by atoms with van der Waals surface area (Å²) in [4.78, 5) is 13.1. The van der Waals surface area contributed by atoms with E-state index in [-0.39, 0.29) is 18.6 Å². The quantitative estimate of drug-likeness (QED) is 0.819. The van der Waals surface area contributed by atoms with Crippen LogP contribution in [0.4, 0.5) is 0 Å². The lowest BCUT2D eigenvalue weighted by atomic mass is 10.1. The van der Waals surface area contributed by atoms with Crippen molar-refractivity contribution in [2.45, 2.75) is 12.8 Å². The summed E-state index contributed by atoms with van der Waals surface area (Å²) < 4.78 is 0. The van der Waals surface area contributed by atoms with Crippen LogP contribution in [0.15, 0.2) is 24.3 Å². The lowest BCUT2D eigenvalue weighted by molar-refractivity contribution is -0.117. The van der Waals surface area contributed by atoms with Gasteiger partial charge in [0, 0.05) is 11.4 Å². The highest BCUT2D eigenvalue weighted by molar-refractivity contribution is 6.31. The number of ketones is 1. The molecule has 1 aromatic carbocycles. The molecule has 17 heavy (non-hydrogen) atoms. The van der Waals surface area contributed by atoms with Gasteiger partial charge in [-0.1, -0.05) is 29.8 Å². The number of halogens is 1. The number of benzene rings is 1. The average molecular weight is 251 g/mol. The molecule has 5 nitrogen and oxygen atoms in total. The maximum atomic E-state index is 11.8. The van der Waals surface area contributed by atoms with Crippen molar-refractivity contribution in [2.75, 3.05) is 0 Å². The second kappa shape index (κ2) is 5.05. The number of rotatable bonds is 4. The zero-order valence-electron chi connectivity index (χ0n) is 9.30. The predicted molar refractivity (Wildman–Crippen MR) is 62.7 cm³/mol. The summed E-state index contributed by atoms with van der Waals surface area (Å²) in [5.41, 5.74) is 0.822. The van der Waals surface area contributed by atoms with Crippen molar-refractivity contribution in [3.63, 3.8) is 0 Å². The molecule has 0 saturated carbocycles. The third kappa shape index (κ3) is 3.10. The molecule has 0 aliphatic heterocycles. The van der Waals surface area contributed by atoms with Crippen LogP contribution in [0.5, 0.6) is 0 Å². The number of hydrogen-bond acceptors (Lipinski definition) is 4. The van der Waals surface area contributed by atoms with Gasteiger partial charge in [-0.2, -0.15) is 4.80 Å². The van der Waals surface area contributed by atoms with Crippen molar-refractivity contribution in [2.24, 2.45) is 7.05 Å². The summed E-state index contributed by atoms with van der Waals surface area (Å²) in [6.07, 6.45) is 0.469. The lowest BCUT2D eigenvalue weighted by Crippen LogP contribution is -2.08. The third-order valence-electron chi connectivity index (χ3n) is 2.25. The van der Waals surface area contributed by atoms with E-state index in [9.17, 15) is 4.79 Å². The van der Waals surface area contributed by atoms with E-state index < -0.39 is 0 Å². The fourth-order valence-corrected chi connectivity index (χ4v) is 1.69. The van der Waals surface area contributed by atoms with Crippen LogP contribution in [-0.4, -0.2) is 26.0 Å². The molecule has 1 heterocycles. The van der Waals surface area contributed by atoms with Crippen molar-refractivity contribution < 1.29 is 4.79 Å². The number of carbonyl (C=O) groups is 1. The topological polar surface area (TPSA) is 60.7 Å². The zero-order chi connectivity index (χ0) is 12.3. The van der Waals surface area contributed by atoms with Gasteiger partial charge < -0.3 is 0 Å². The predicted octanol–water partition coefficient (Wildman–Crippen LogP) is 1.22. The molecule has 1 aromatic heterocycles. The smallest absolute Gasteiger partial charge is 0.182 e. The van der Waals surface area contributed by atoms with Crippen LogP contribution in [0.3, 0.4) is 0 Å². The summed E-state index contributed by atoms with van der Waals surface area (Å²) in [5.74, 6) is 0.454. The fourth-order valence-electron chi connectivity index (χ4n) is 1.49. The molecular formula is C11H11ClN4O. The van der Waals surface area contributed by atoms with Gasteiger partial charge in [0.2, 0.25) is 0 Å². The molecule has 0 fully saturated rings. The van der Waals surface area contributed by atoms with Crippen LogP contribution < -0.4 is 0 Å². The average Bonchev–Trinajstić information content (AvgIpc) is 2.67. The normalized spacial score (nSPS) is 10.5. The molecule has 0 spiro atoms. The van der Waals surface area contributed by atoms with Crippen LogP contribution >= 0.6 is 11.6 Å². The second-order valence-corrected chi connectivity index (χ2v) is 4.09. The number of hydrogen-bond donors (Lipinski definition) is 0. The molecule has 2 rings (SSSR count). The molecule has 2 aromatic rings. The Morgan fingerprint density at radius 3 is 2.76 bits per heavy atom. The van der Waals surface area contributed by atoms with E-state index in [0.29, 0.717) is 10.8 Å². The highest BCUT2D eigenvalue weighted by Crippen LogP contribution is 2.15. The van der Waals surface area contributed by atoms with Crippen LogP contribution in [0, 0.1) is 0 Å². The number of aromatic nitrogens is 4.